The van der Waals surface area contributed by atoms with E-state index in [0.29, 0.717) is 18.0 Å². The third-order valence-corrected chi connectivity index (χ3v) is 3.87. The Morgan fingerprint density at radius 2 is 2.32 bits per heavy atom. The van der Waals surface area contributed by atoms with Gasteiger partial charge in [-0.1, -0.05) is 19.1 Å². The molecule has 1 fully saturated rings. The number of ether oxygens (including phenoxy) is 1. The molecule has 1 aromatic rings. The predicted molar refractivity (Wildman–Crippen MR) is 71.0 cm³/mol. The number of hydrogen-bond donors (Lipinski definition) is 0. The molecule has 2 atom stereocenters. The molecule has 0 N–H and O–H groups in total. The van der Waals surface area contributed by atoms with Gasteiger partial charge in [-0.3, -0.25) is 4.90 Å². The molecule has 19 heavy (non-hydrogen) atoms. The van der Waals surface area contributed by atoms with Crippen molar-refractivity contribution in [3.63, 3.8) is 0 Å². The van der Waals surface area contributed by atoms with Crippen molar-refractivity contribution in [3.8, 4) is 6.07 Å². The van der Waals surface area contributed by atoms with Crippen LogP contribution >= 0.6 is 0 Å². The van der Waals surface area contributed by atoms with Crippen molar-refractivity contribution in [1.29, 1.82) is 5.26 Å². The maximum atomic E-state index is 14.0. The van der Waals surface area contributed by atoms with Crippen molar-refractivity contribution in [2.24, 2.45) is 5.92 Å². The Balaban J connectivity index is 2.08. The molecule has 2 rings (SSSR count). The van der Waals surface area contributed by atoms with E-state index in [4.69, 9.17) is 10.00 Å². The molecule has 0 amide bonds. The van der Waals surface area contributed by atoms with Crippen LogP contribution in [0.15, 0.2) is 18.2 Å². The Morgan fingerprint density at radius 3 is 3.00 bits per heavy atom. The zero-order valence-electron chi connectivity index (χ0n) is 11.4. The highest BCUT2D eigenvalue weighted by Gasteiger charge is 2.26. The number of methoxy groups -OCH3 is 1. The Morgan fingerprint density at radius 1 is 1.53 bits per heavy atom. The molecule has 1 heterocycles. The second kappa shape index (κ2) is 6.14. The van der Waals surface area contributed by atoms with Crippen LogP contribution in [0.4, 0.5) is 4.39 Å². The van der Waals surface area contributed by atoms with Crippen molar-refractivity contribution >= 4 is 0 Å². The smallest absolute Gasteiger partial charge is 0.145 e. The summed E-state index contributed by atoms with van der Waals surface area (Å²) in [6.07, 6.45) is 1.26. The maximum Gasteiger partial charge on any atom is 0.145 e. The van der Waals surface area contributed by atoms with E-state index in [1.807, 2.05) is 6.07 Å². The van der Waals surface area contributed by atoms with Gasteiger partial charge in [-0.2, -0.15) is 5.26 Å². The molecule has 1 aromatic carbocycles. The molecular weight excluding hydrogens is 243 g/mol. The van der Waals surface area contributed by atoms with Crippen molar-refractivity contribution in [3.05, 3.63) is 35.1 Å². The van der Waals surface area contributed by atoms with Gasteiger partial charge < -0.3 is 4.74 Å². The molecule has 0 aromatic heterocycles. The van der Waals surface area contributed by atoms with Crippen LogP contribution in [-0.2, 0) is 11.3 Å². The predicted octanol–water partition coefficient (Wildman–Crippen LogP) is 2.55. The normalized spacial score (nSPS) is 24.1. The minimum absolute atomic E-state index is 0.117. The molecule has 3 nitrogen and oxygen atoms in total. The molecule has 0 bridgehead atoms. The van der Waals surface area contributed by atoms with Gasteiger partial charge in [-0.15, -0.1) is 0 Å². The fraction of sp³-hybridized carbons (Fsp3) is 0.533. The molecule has 2 unspecified atom stereocenters. The van der Waals surface area contributed by atoms with Crippen LogP contribution in [-0.4, -0.2) is 31.2 Å². The maximum absolute atomic E-state index is 14.0. The van der Waals surface area contributed by atoms with E-state index < -0.39 is 5.82 Å². The molecule has 1 aliphatic rings. The Labute approximate surface area is 113 Å². The summed E-state index contributed by atoms with van der Waals surface area (Å²) in [6, 6.07) is 6.87. The quantitative estimate of drug-likeness (QED) is 0.840. The summed E-state index contributed by atoms with van der Waals surface area (Å²) in [5.41, 5.74) is 0.703. The second-order valence-corrected chi connectivity index (χ2v) is 5.17. The summed E-state index contributed by atoms with van der Waals surface area (Å²) >= 11 is 0. The SMILES string of the molecule is COC1CN(Cc2cccc(C#N)c2F)CCC1C. The summed E-state index contributed by atoms with van der Waals surface area (Å²) in [4.78, 5) is 2.19. The Bertz CT molecular complexity index is 484. The fourth-order valence-corrected chi connectivity index (χ4v) is 2.58. The summed E-state index contributed by atoms with van der Waals surface area (Å²) in [5, 5.41) is 8.84. The largest absolute Gasteiger partial charge is 0.380 e. The number of likely N-dealkylation sites (tertiary alicyclic amines) is 1. The summed E-state index contributed by atoms with van der Waals surface area (Å²) in [7, 11) is 1.72. The van der Waals surface area contributed by atoms with E-state index in [1.165, 1.54) is 6.07 Å². The van der Waals surface area contributed by atoms with E-state index in [2.05, 4.69) is 11.8 Å². The van der Waals surface area contributed by atoms with Crippen LogP contribution < -0.4 is 0 Å². The standard InChI is InChI=1S/C15H19FN2O/c1-11-6-7-18(10-14(11)19-2)9-13-5-3-4-12(8-17)15(13)16/h3-5,11,14H,6-7,9-10H2,1-2H3. The molecular formula is C15H19FN2O. The highest BCUT2D eigenvalue weighted by molar-refractivity contribution is 5.34. The summed E-state index contributed by atoms with van der Waals surface area (Å²) < 4.78 is 19.5. The monoisotopic (exact) mass is 262 g/mol. The van der Waals surface area contributed by atoms with E-state index in [1.54, 1.807) is 19.2 Å². The third kappa shape index (κ3) is 3.12. The van der Waals surface area contributed by atoms with Crippen LogP contribution in [0.3, 0.4) is 0 Å². The first-order valence-corrected chi connectivity index (χ1v) is 6.58. The second-order valence-electron chi connectivity index (χ2n) is 5.17. The van der Waals surface area contributed by atoms with Gasteiger partial charge in [0.1, 0.15) is 11.9 Å². The molecule has 0 radical (unpaired) electrons. The Kier molecular flexibility index (Phi) is 4.52. The fourth-order valence-electron chi connectivity index (χ4n) is 2.58. The molecule has 0 spiro atoms. The highest BCUT2D eigenvalue weighted by Crippen LogP contribution is 2.22. The average Bonchev–Trinajstić information content (AvgIpc) is 2.43. The van der Waals surface area contributed by atoms with Gasteiger partial charge in [0.15, 0.2) is 0 Å². The van der Waals surface area contributed by atoms with Gasteiger partial charge in [-0.25, -0.2) is 4.39 Å². The minimum atomic E-state index is -0.391. The highest BCUT2D eigenvalue weighted by atomic mass is 19.1. The van der Waals surface area contributed by atoms with Gasteiger partial charge in [-0.05, 0) is 24.9 Å². The topological polar surface area (TPSA) is 36.3 Å². The first-order valence-electron chi connectivity index (χ1n) is 6.58. The van der Waals surface area contributed by atoms with Crippen molar-refractivity contribution in [2.75, 3.05) is 20.2 Å². The van der Waals surface area contributed by atoms with Crippen LogP contribution in [0.2, 0.25) is 0 Å². The first kappa shape index (κ1) is 14.0. The third-order valence-electron chi connectivity index (χ3n) is 3.87. The van der Waals surface area contributed by atoms with Gasteiger partial charge in [0.25, 0.3) is 0 Å². The molecule has 4 heteroatoms. The van der Waals surface area contributed by atoms with Crippen LogP contribution in [0.5, 0.6) is 0 Å². The van der Waals surface area contributed by atoms with Gasteiger partial charge >= 0.3 is 0 Å². The van der Waals surface area contributed by atoms with E-state index in [0.717, 1.165) is 19.5 Å². The molecule has 1 aliphatic heterocycles. The van der Waals surface area contributed by atoms with Crippen LogP contribution in [0.25, 0.3) is 0 Å². The van der Waals surface area contributed by atoms with E-state index >= 15 is 0 Å². The van der Waals surface area contributed by atoms with Crippen molar-refractivity contribution in [2.45, 2.75) is 26.0 Å². The lowest BCUT2D eigenvalue weighted by Gasteiger charge is -2.36. The van der Waals surface area contributed by atoms with Crippen molar-refractivity contribution < 1.29 is 9.13 Å². The average molecular weight is 262 g/mol. The number of rotatable bonds is 3. The number of halogens is 1. The molecule has 0 saturated carbocycles. The lowest BCUT2D eigenvalue weighted by molar-refractivity contribution is -0.00772. The molecule has 1 saturated heterocycles. The first-order chi connectivity index (χ1) is 9.15. The molecule has 102 valence electrons. The zero-order chi connectivity index (χ0) is 13.8. The Hall–Kier alpha value is -1.44. The lowest BCUT2D eigenvalue weighted by atomic mass is 9.95. The minimum Gasteiger partial charge on any atom is -0.380 e. The number of hydrogen-bond acceptors (Lipinski definition) is 3. The van der Waals surface area contributed by atoms with Crippen LogP contribution in [0, 0.1) is 23.1 Å². The summed E-state index contributed by atoms with van der Waals surface area (Å²) in [6.45, 7) is 4.47. The van der Waals surface area contributed by atoms with Gasteiger partial charge in [0.2, 0.25) is 0 Å². The number of piperidine rings is 1. The number of nitrogens with zero attached hydrogens (tertiary/aromatic N) is 2. The summed E-state index contributed by atoms with van der Waals surface area (Å²) in [5.74, 6) is 0.147. The zero-order valence-corrected chi connectivity index (χ0v) is 11.4. The van der Waals surface area contributed by atoms with Gasteiger partial charge in [0.05, 0.1) is 11.7 Å². The number of nitriles is 1. The molecule has 0 aliphatic carbocycles. The number of benzene rings is 1. The van der Waals surface area contributed by atoms with E-state index in [-0.39, 0.29) is 11.7 Å². The lowest BCUT2D eigenvalue weighted by Crippen LogP contribution is -2.43. The van der Waals surface area contributed by atoms with Gasteiger partial charge in [0, 0.05) is 25.8 Å². The van der Waals surface area contributed by atoms with Crippen LogP contribution in [0.1, 0.15) is 24.5 Å². The van der Waals surface area contributed by atoms with Crippen molar-refractivity contribution in [1.82, 2.24) is 4.90 Å². The van der Waals surface area contributed by atoms with E-state index in [9.17, 15) is 4.39 Å².